The van der Waals surface area contributed by atoms with Gasteiger partial charge in [0.25, 0.3) is 11.5 Å². The zero-order chi connectivity index (χ0) is 29.5. The predicted octanol–water partition coefficient (Wildman–Crippen LogP) is 5.10. The van der Waals surface area contributed by atoms with Gasteiger partial charge in [0.15, 0.2) is 6.04 Å². The van der Waals surface area contributed by atoms with Crippen LogP contribution in [0, 0.1) is 6.92 Å². The average molecular weight is 575 g/mol. The van der Waals surface area contributed by atoms with E-state index in [2.05, 4.69) is 0 Å². The van der Waals surface area contributed by atoms with Gasteiger partial charge in [-0.15, -0.1) is 0 Å². The van der Waals surface area contributed by atoms with Crippen LogP contribution in [0.2, 0.25) is 5.02 Å². The largest absolute Gasteiger partial charge is 0.464 e. The van der Waals surface area contributed by atoms with Crippen LogP contribution in [0.25, 0.3) is 10.9 Å². The highest BCUT2D eigenvalue weighted by molar-refractivity contribution is 6.31. The molecule has 1 aromatic heterocycles. The number of aromatic nitrogens is 2. The van der Waals surface area contributed by atoms with Crippen molar-refractivity contribution in [3.63, 3.8) is 0 Å². The molecule has 9 heteroatoms. The number of hydrogen-bond donors (Lipinski definition) is 0. The first-order chi connectivity index (χ1) is 19.7. The van der Waals surface area contributed by atoms with Crippen molar-refractivity contribution in [3.05, 3.63) is 111 Å². The maximum Gasteiger partial charge on any atom is 0.336 e. The molecule has 0 aliphatic rings. The van der Waals surface area contributed by atoms with Crippen molar-refractivity contribution in [2.24, 2.45) is 0 Å². The third-order valence-corrected chi connectivity index (χ3v) is 7.00. The van der Waals surface area contributed by atoms with Gasteiger partial charge in [-0.3, -0.25) is 14.2 Å². The number of fused-ring (bicyclic) bond motifs is 1. The van der Waals surface area contributed by atoms with Gasteiger partial charge in [-0.25, -0.2) is 9.78 Å². The fourth-order valence-electron chi connectivity index (χ4n) is 4.70. The number of carbonyl (C=O) groups is 2. The summed E-state index contributed by atoms with van der Waals surface area (Å²) in [4.78, 5) is 50.2. The minimum Gasteiger partial charge on any atom is -0.464 e. The molecule has 0 saturated heterocycles. The van der Waals surface area contributed by atoms with Gasteiger partial charge in [0, 0.05) is 17.1 Å². The second kappa shape index (κ2) is 13.6. The van der Waals surface area contributed by atoms with E-state index in [1.165, 1.54) is 9.47 Å². The number of carbonyl (C=O) groups excluding carboxylic acids is 2. The maximum atomic E-state index is 14.1. The molecule has 4 aromatic rings. The summed E-state index contributed by atoms with van der Waals surface area (Å²) in [7, 11) is 3.89. The summed E-state index contributed by atoms with van der Waals surface area (Å²) < 4.78 is 6.99. The van der Waals surface area contributed by atoms with Crippen molar-refractivity contribution in [3.8, 4) is 0 Å². The molecular formula is C32H35ClN4O4. The molecule has 0 aliphatic carbocycles. The van der Waals surface area contributed by atoms with Crippen LogP contribution < -0.4 is 5.56 Å². The van der Waals surface area contributed by atoms with Crippen LogP contribution in [0.3, 0.4) is 0 Å². The Morgan fingerprint density at radius 1 is 1.00 bits per heavy atom. The van der Waals surface area contributed by atoms with Gasteiger partial charge in [-0.05, 0) is 76.8 Å². The highest BCUT2D eigenvalue weighted by Crippen LogP contribution is 2.27. The van der Waals surface area contributed by atoms with Crippen LogP contribution in [0.5, 0.6) is 0 Å². The molecule has 4 rings (SSSR count). The van der Waals surface area contributed by atoms with Crippen LogP contribution in [-0.4, -0.2) is 65.0 Å². The number of aryl methyl sites for hydroxylation is 1. The van der Waals surface area contributed by atoms with Gasteiger partial charge in [-0.1, -0.05) is 59.6 Å². The molecule has 1 amide bonds. The van der Waals surface area contributed by atoms with Crippen LogP contribution >= 0.6 is 11.6 Å². The van der Waals surface area contributed by atoms with Gasteiger partial charge >= 0.3 is 5.97 Å². The zero-order valence-corrected chi connectivity index (χ0v) is 24.6. The summed E-state index contributed by atoms with van der Waals surface area (Å²) in [6, 6.07) is 20.2. The van der Waals surface area contributed by atoms with Crippen molar-refractivity contribution in [2.45, 2.75) is 32.9 Å². The lowest BCUT2D eigenvalue weighted by molar-refractivity contribution is -0.149. The molecule has 41 heavy (non-hydrogen) atoms. The number of benzene rings is 3. The molecule has 0 bridgehead atoms. The molecule has 0 saturated carbocycles. The number of esters is 1. The number of rotatable bonds is 11. The third kappa shape index (κ3) is 7.20. The van der Waals surface area contributed by atoms with Gasteiger partial charge in [0.2, 0.25) is 0 Å². The Bertz CT molecular complexity index is 1570. The Balaban J connectivity index is 1.96. The minimum atomic E-state index is -1.27. The lowest BCUT2D eigenvalue weighted by Gasteiger charge is -2.32. The van der Waals surface area contributed by atoms with E-state index in [1.54, 1.807) is 37.3 Å². The van der Waals surface area contributed by atoms with E-state index >= 15 is 0 Å². The minimum absolute atomic E-state index is 0.0991. The maximum absolute atomic E-state index is 14.1. The van der Waals surface area contributed by atoms with E-state index in [1.807, 2.05) is 68.4 Å². The van der Waals surface area contributed by atoms with Crippen LogP contribution in [0.15, 0.2) is 77.6 Å². The van der Waals surface area contributed by atoms with E-state index in [-0.39, 0.29) is 37.0 Å². The van der Waals surface area contributed by atoms with Crippen LogP contribution in [-0.2, 0) is 16.1 Å². The van der Waals surface area contributed by atoms with Crippen LogP contribution in [0.1, 0.15) is 46.7 Å². The Kier molecular flexibility index (Phi) is 9.91. The molecule has 0 fully saturated rings. The Hall–Kier alpha value is -4.01. The van der Waals surface area contributed by atoms with E-state index in [0.717, 1.165) is 11.1 Å². The molecule has 0 radical (unpaired) electrons. The van der Waals surface area contributed by atoms with Crippen molar-refractivity contribution in [1.29, 1.82) is 0 Å². The first kappa shape index (κ1) is 30.0. The van der Waals surface area contributed by atoms with E-state index in [9.17, 15) is 14.4 Å². The lowest BCUT2D eigenvalue weighted by atomic mass is 10.1. The molecule has 0 aliphatic heterocycles. The molecule has 1 atom stereocenters. The highest BCUT2D eigenvalue weighted by Gasteiger charge is 2.37. The van der Waals surface area contributed by atoms with E-state index < -0.39 is 12.0 Å². The van der Waals surface area contributed by atoms with Crippen molar-refractivity contribution < 1.29 is 14.3 Å². The Labute approximate surface area is 245 Å². The SMILES string of the molecule is CCOC(=O)C(c1nc2cc(Cl)ccc2c(=O)n1Cc1ccccc1)N(CCCN(C)C)C(=O)c1ccc(C)cc1. The van der Waals surface area contributed by atoms with Crippen LogP contribution in [0.4, 0.5) is 0 Å². The third-order valence-electron chi connectivity index (χ3n) is 6.76. The zero-order valence-electron chi connectivity index (χ0n) is 23.8. The van der Waals surface area contributed by atoms with Crippen molar-refractivity contribution in [1.82, 2.24) is 19.4 Å². The second-order valence-corrected chi connectivity index (χ2v) is 10.6. The normalized spacial score (nSPS) is 12.0. The number of nitrogens with zero attached hydrogens (tertiary/aromatic N) is 4. The summed E-state index contributed by atoms with van der Waals surface area (Å²) in [5.41, 5.74) is 2.28. The number of amides is 1. The summed E-state index contributed by atoms with van der Waals surface area (Å²) in [5, 5.41) is 0.767. The highest BCUT2D eigenvalue weighted by atomic mass is 35.5. The molecule has 3 aromatic carbocycles. The summed E-state index contributed by atoms with van der Waals surface area (Å²) in [6.07, 6.45) is 0.586. The molecule has 1 unspecified atom stereocenters. The average Bonchev–Trinajstić information content (AvgIpc) is 2.94. The van der Waals surface area contributed by atoms with Gasteiger partial charge in [0.05, 0.1) is 24.1 Å². The quantitative estimate of drug-likeness (QED) is 0.232. The Morgan fingerprint density at radius 3 is 2.37 bits per heavy atom. The smallest absolute Gasteiger partial charge is 0.336 e. The van der Waals surface area contributed by atoms with Crippen molar-refractivity contribution >= 4 is 34.4 Å². The van der Waals surface area contributed by atoms with E-state index in [0.29, 0.717) is 34.5 Å². The monoisotopic (exact) mass is 574 g/mol. The summed E-state index contributed by atoms with van der Waals surface area (Å²) in [5.74, 6) is -0.890. The molecule has 1 heterocycles. The fraction of sp³-hybridized carbons (Fsp3) is 0.312. The molecule has 214 valence electrons. The van der Waals surface area contributed by atoms with E-state index in [4.69, 9.17) is 21.3 Å². The Morgan fingerprint density at radius 2 is 1.71 bits per heavy atom. The molecule has 0 N–H and O–H groups in total. The standard InChI is InChI=1S/C32H35ClN4O4/c1-5-41-32(40)28(36(19-9-18-35(3)4)30(38)24-14-12-22(2)13-15-24)29-34-27-20-25(33)16-17-26(27)31(39)37(29)21-23-10-7-6-8-11-23/h6-8,10-17,20,28H,5,9,18-19,21H2,1-4H3. The molecule has 0 spiro atoms. The predicted molar refractivity (Wildman–Crippen MR) is 161 cm³/mol. The van der Waals surface area contributed by atoms with Gasteiger partial charge in [-0.2, -0.15) is 0 Å². The molecule has 8 nitrogen and oxygen atoms in total. The lowest BCUT2D eigenvalue weighted by Crippen LogP contribution is -2.44. The summed E-state index contributed by atoms with van der Waals surface area (Å²) in [6.45, 7) is 4.82. The number of hydrogen-bond acceptors (Lipinski definition) is 6. The first-order valence-electron chi connectivity index (χ1n) is 13.6. The molecular weight excluding hydrogens is 540 g/mol. The summed E-state index contributed by atoms with van der Waals surface area (Å²) >= 11 is 6.28. The second-order valence-electron chi connectivity index (χ2n) is 10.2. The topological polar surface area (TPSA) is 84.7 Å². The van der Waals surface area contributed by atoms with Crippen molar-refractivity contribution in [2.75, 3.05) is 33.8 Å². The van der Waals surface area contributed by atoms with Gasteiger partial charge < -0.3 is 14.5 Å². The number of halogens is 1. The van der Waals surface area contributed by atoms with Gasteiger partial charge in [0.1, 0.15) is 5.82 Å². The first-order valence-corrected chi connectivity index (χ1v) is 14.0. The number of ether oxygens (including phenoxy) is 1. The fourth-order valence-corrected chi connectivity index (χ4v) is 4.87.